The highest BCUT2D eigenvalue weighted by Gasteiger charge is 2.44. The van der Waals surface area contributed by atoms with Gasteiger partial charge in [0, 0.05) is 49.2 Å². The highest BCUT2D eigenvalue weighted by molar-refractivity contribution is 6.04. The van der Waals surface area contributed by atoms with Crippen LogP contribution < -0.4 is 5.32 Å². The minimum atomic E-state index is -1.24. The summed E-state index contributed by atoms with van der Waals surface area (Å²) in [7, 11) is 1.16. The predicted octanol–water partition coefficient (Wildman–Crippen LogP) is 4.21. The van der Waals surface area contributed by atoms with Gasteiger partial charge < -0.3 is 10.1 Å². The summed E-state index contributed by atoms with van der Waals surface area (Å²) in [5.41, 5.74) is 1.22. The zero-order valence-corrected chi connectivity index (χ0v) is 21.6. The molecule has 1 aliphatic carbocycles. The summed E-state index contributed by atoms with van der Waals surface area (Å²) < 4.78 is 32.6. The van der Waals surface area contributed by atoms with Crippen LogP contribution in [0.5, 0.6) is 0 Å². The van der Waals surface area contributed by atoms with Gasteiger partial charge in [0.2, 0.25) is 0 Å². The van der Waals surface area contributed by atoms with E-state index < -0.39 is 41.6 Å². The summed E-state index contributed by atoms with van der Waals surface area (Å²) in [6, 6.07) is 6.34. The molecule has 11 heteroatoms. The predicted molar refractivity (Wildman–Crippen MR) is 138 cm³/mol. The smallest absolute Gasteiger partial charge is 0.351 e. The van der Waals surface area contributed by atoms with Crippen molar-refractivity contribution in [1.82, 2.24) is 20.1 Å². The first kappa shape index (κ1) is 26.9. The van der Waals surface area contributed by atoms with Crippen LogP contribution in [0.2, 0.25) is 0 Å². The number of carbonyl (C=O) groups excluding carboxylic acids is 3. The van der Waals surface area contributed by atoms with Gasteiger partial charge in [-0.2, -0.15) is 0 Å². The van der Waals surface area contributed by atoms with E-state index in [0.29, 0.717) is 24.9 Å². The number of methoxy groups -OCH3 is 1. The van der Waals surface area contributed by atoms with Crippen molar-refractivity contribution in [3.63, 3.8) is 0 Å². The number of esters is 1. The molecular formula is C28H31F2N5O4. The van der Waals surface area contributed by atoms with Gasteiger partial charge in [-0.25, -0.2) is 28.3 Å². The van der Waals surface area contributed by atoms with E-state index in [4.69, 9.17) is 4.74 Å². The molecule has 9 nitrogen and oxygen atoms in total. The van der Waals surface area contributed by atoms with Crippen LogP contribution in [0.1, 0.15) is 55.3 Å². The Morgan fingerprint density at radius 3 is 2.54 bits per heavy atom. The fourth-order valence-corrected chi connectivity index (χ4v) is 5.99. The first-order valence-corrected chi connectivity index (χ1v) is 13.2. The van der Waals surface area contributed by atoms with Crippen molar-refractivity contribution < 1.29 is 27.9 Å². The maximum Gasteiger partial charge on any atom is 0.351 e. The lowest BCUT2D eigenvalue weighted by Crippen LogP contribution is -2.53. The van der Waals surface area contributed by atoms with Crippen LogP contribution in [-0.4, -0.2) is 71.3 Å². The number of urea groups is 2. The van der Waals surface area contributed by atoms with Crippen molar-refractivity contribution in [1.29, 1.82) is 0 Å². The molecule has 2 aliphatic heterocycles. The summed E-state index contributed by atoms with van der Waals surface area (Å²) >= 11 is 0. The third kappa shape index (κ3) is 5.68. The first-order valence-electron chi connectivity index (χ1n) is 13.2. The van der Waals surface area contributed by atoms with Crippen LogP contribution in [0, 0.1) is 17.6 Å². The molecule has 1 aromatic heterocycles. The summed E-state index contributed by atoms with van der Waals surface area (Å²) in [5.74, 6) is -3.71. The number of aromatic nitrogens is 1. The van der Waals surface area contributed by atoms with Crippen LogP contribution in [0.3, 0.4) is 0 Å². The lowest BCUT2D eigenvalue weighted by molar-refractivity contribution is -0.144. The summed E-state index contributed by atoms with van der Waals surface area (Å²) in [5, 5.41) is 2.91. The van der Waals surface area contributed by atoms with E-state index in [1.807, 2.05) is 18.3 Å². The van der Waals surface area contributed by atoms with Crippen molar-refractivity contribution in [3.8, 4) is 0 Å². The normalized spacial score (nSPS) is 27.4. The maximum atomic E-state index is 14.1. The number of halogens is 2. The summed E-state index contributed by atoms with van der Waals surface area (Å²) in [6.45, 7) is 1.44. The van der Waals surface area contributed by atoms with Crippen LogP contribution in [0.25, 0.3) is 0 Å². The highest BCUT2D eigenvalue weighted by Crippen LogP contribution is 2.36. The van der Waals surface area contributed by atoms with E-state index in [9.17, 15) is 23.2 Å². The second-order valence-electron chi connectivity index (χ2n) is 10.3. The Bertz CT molecular complexity index is 1250. The molecule has 2 fully saturated rings. The maximum absolute atomic E-state index is 14.1. The van der Waals surface area contributed by atoms with Crippen molar-refractivity contribution in [2.45, 2.75) is 56.1 Å². The molecule has 1 unspecified atom stereocenters. The fraction of sp³-hybridized carbons (Fsp3) is 0.464. The van der Waals surface area contributed by atoms with E-state index in [-0.39, 0.29) is 11.6 Å². The van der Waals surface area contributed by atoms with Gasteiger partial charge in [-0.15, -0.1) is 0 Å². The summed E-state index contributed by atoms with van der Waals surface area (Å²) in [4.78, 5) is 50.1. The van der Waals surface area contributed by atoms with E-state index in [1.165, 1.54) is 6.07 Å². The Hall–Kier alpha value is -3.73. The standard InChI is InChI=1S/C28H31F2N5O4/c1-39-26(36)21-15-32-27(37)35(25(21)18-7-10-22(29)23(30)14-18)28(38)33-19-11-13-34(16-19)20-8-5-17(6-9-20)24-4-2-3-12-31-24/h2-4,7,10,12,14-15,17,19-21,25H,5-6,8-9,11,13,16H2,1H3,(H,33,38)/t17?,19-,20?,21?,25+/m1/s1. The molecule has 0 radical (unpaired) electrons. The van der Waals surface area contributed by atoms with E-state index in [1.54, 1.807) is 0 Å². The molecule has 4 amide bonds. The Morgan fingerprint density at radius 2 is 1.85 bits per heavy atom. The molecule has 0 bridgehead atoms. The zero-order valence-electron chi connectivity index (χ0n) is 21.6. The van der Waals surface area contributed by atoms with Gasteiger partial charge in [0.1, 0.15) is 5.92 Å². The number of rotatable bonds is 5. The number of carbonyl (C=O) groups is 3. The average molecular weight is 540 g/mol. The second-order valence-corrected chi connectivity index (χ2v) is 10.3. The minimum absolute atomic E-state index is 0.0802. The molecule has 1 aromatic carbocycles. The third-order valence-electron chi connectivity index (χ3n) is 8.01. The fourth-order valence-electron chi connectivity index (χ4n) is 5.99. The second kappa shape index (κ2) is 11.6. The van der Waals surface area contributed by atoms with Crippen molar-refractivity contribution in [3.05, 3.63) is 65.5 Å². The number of benzene rings is 1. The van der Waals surface area contributed by atoms with Crippen LogP contribution in [-0.2, 0) is 9.53 Å². The molecule has 206 valence electrons. The van der Waals surface area contributed by atoms with Gasteiger partial charge >= 0.3 is 18.0 Å². The SMILES string of the molecule is COC(=O)C1C=NC(=O)N(C(=O)N[C@@H]2CCN(C3CCC(c4ccccn4)CC3)C2)[C@H]1c1ccc(F)c(F)c1. The van der Waals surface area contributed by atoms with E-state index in [2.05, 4.69) is 26.3 Å². The molecule has 5 rings (SSSR count). The molecule has 3 aliphatic rings. The number of hydrogen-bond acceptors (Lipinski definition) is 6. The van der Waals surface area contributed by atoms with Crippen LogP contribution in [0.4, 0.5) is 18.4 Å². The average Bonchev–Trinajstić information content (AvgIpc) is 3.42. The zero-order chi connectivity index (χ0) is 27.5. The van der Waals surface area contributed by atoms with Gasteiger partial charge in [-0.05, 0) is 61.9 Å². The number of imide groups is 1. The Labute approximate surface area is 225 Å². The largest absolute Gasteiger partial charge is 0.468 e. The number of likely N-dealkylation sites (tertiary alicyclic amines) is 1. The van der Waals surface area contributed by atoms with Crippen molar-refractivity contribution >= 4 is 24.2 Å². The van der Waals surface area contributed by atoms with Gasteiger partial charge in [0.05, 0.1) is 13.2 Å². The topological polar surface area (TPSA) is 104 Å². The number of ether oxygens (including phenoxy) is 1. The van der Waals surface area contributed by atoms with E-state index in [0.717, 1.165) is 68.3 Å². The molecule has 1 saturated carbocycles. The number of pyridine rings is 1. The Kier molecular flexibility index (Phi) is 7.97. The lowest BCUT2D eigenvalue weighted by atomic mass is 9.83. The number of nitrogens with one attached hydrogen (secondary N) is 1. The first-order chi connectivity index (χ1) is 18.9. The molecule has 1 saturated heterocycles. The highest BCUT2D eigenvalue weighted by atomic mass is 19.2. The van der Waals surface area contributed by atoms with E-state index >= 15 is 0 Å². The quantitative estimate of drug-likeness (QED) is 0.571. The molecular weight excluding hydrogens is 508 g/mol. The lowest BCUT2D eigenvalue weighted by Gasteiger charge is -2.36. The number of aliphatic imine (C=N–C) groups is 1. The van der Waals surface area contributed by atoms with Gasteiger partial charge in [-0.3, -0.25) is 14.7 Å². The van der Waals surface area contributed by atoms with Gasteiger partial charge in [-0.1, -0.05) is 12.1 Å². The van der Waals surface area contributed by atoms with Gasteiger partial charge in [0.25, 0.3) is 0 Å². The summed E-state index contributed by atoms with van der Waals surface area (Å²) in [6.07, 6.45) is 7.81. The van der Waals surface area contributed by atoms with Crippen LogP contribution in [0.15, 0.2) is 47.6 Å². The van der Waals surface area contributed by atoms with Gasteiger partial charge in [0.15, 0.2) is 11.6 Å². The Balaban J connectivity index is 1.25. The molecule has 2 aromatic rings. The van der Waals surface area contributed by atoms with Crippen molar-refractivity contribution in [2.75, 3.05) is 20.2 Å². The molecule has 3 heterocycles. The van der Waals surface area contributed by atoms with Crippen molar-refractivity contribution in [2.24, 2.45) is 10.9 Å². The number of hydrogen-bond donors (Lipinski definition) is 1. The monoisotopic (exact) mass is 539 g/mol. The Morgan fingerprint density at radius 1 is 1.05 bits per heavy atom. The third-order valence-corrected chi connectivity index (χ3v) is 8.01. The molecule has 0 spiro atoms. The number of amides is 4. The van der Waals surface area contributed by atoms with Crippen LogP contribution >= 0.6 is 0 Å². The minimum Gasteiger partial charge on any atom is -0.468 e. The molecule has 1 N–H and O–H groups in total. The molecule has 39 heavy (non-hydrogen) atoms. The number of nitrogens with zero attached hydrogens (tertiary/aromatic N) is 4. The molecule has 3 atom stereocenters.